The Balaban J connectivity index is 1.69. The smallest absolute Gasteiger partial charge is 0.264 e. The normalized spacial score (nSPS) is 14.5. The second kappa shape index (κ2) is 13.5. The van der Waals surface area contributed by atoms with Crippen LogP contribution in [-0.4, -0.2) is 43.8 Å². The highest BCUT2D eigenvalue weighted by atomic mass is 35.5. The van der Waals surface area contributed by atoms with Crippen LogP contribution in [0.4, 0.5) is 5.69 Å². The Kier molecular flexibility index (Phi) is 10.2. The molecule has 2 amide bonds. The molecule has 0 bridgehead atoms. The Labute approximate surface area is 256 Å². The number of halogens is 3. The molecule has 0 radical (unpaired) electrons. The van der Waals surface area contributed by atoms with Crippen molar-refractivity contribution in [2.24, 2.45) is 0 Å². The number of hydrogen-bond donors (Lipinski definition) is 1. The van der Waals surface area contributed by atoms with Crippen LogP contribution in [0.3, 0.4) is 0 Å². The predicted molar refractivity (Wildman–Crippen MR) is 164 cm³/mol. The molecule has 3 aromatic carbocycles. The summed E-state index contributed by atoms with van der Waals surface area (Å²) in [4.78, 5) is 28.7. The number of benzene rings is 3. The van der Waals surface area contributed by atoms with Crippen LogP contribution in [0.2, 0.25) is 15.1 Å². The summed E-state index contributed by atoms with van der Waals surface area (Å²) in [5.41, 5.74) is 1.81. The average molecular weight is 637 g/mol. The molecule has 41 heavy (non-hydrogen) atoms. The Bertz CT molecular complexity index is 1490. The SMILES string of the molecule is Cc1ccc(S(=O)(=O)N(CC(=O)N(Cc2ccc(Cl)c(Cl)c2)[C@H](C)C(=O)NC2CCCC2)c2ccc(Cl)cc2)cc1. The minimum absolute atomic E-state index is 0.0218. The molecule has 0 unspecified atom stereocenters. The lowest BCUT2D eigenvalue weighted by molar-refractivity contribution is -0.139. The molecule has 1 aliphatic carbocycles. The first-order chi connectivity index (χ1) is 19.5. The van der Waals surface area contributed by atoms with Gasteiger partial charge in [-0.05, 0) is 80.8 Å². The van der Waals surface area contributed by atoms with Crippen molar-refractivity contribution in [1.82, 2.24) is 10.2 Å². The van der Waals surface area contributed by atoms with Crippen molar-refractivity contribution in [3.05, 3.63) is 92.9 Å². The molecule has 0 aromatic heterocycles. The quantitative estimate of drug-likeness (QED) is 0.271. The van der Waals surface area contributed by atoms with E-state index in [0.29, 0.717) is 20.6 Å². The highest BCUT2D eigenvalue weighted by Crippen LogP contribution is 2.28. The van der Waals surface area contributed by atoms with E-state index >= 15 is 0 Å². The van der Waals surface area contributed by atoms with E-state index in [1.54, 1.807) is 61.5 Å². The van der Waals surface area contributed by atoms with Crippen LogP contribution in [0.5, 0.6) is 0 Å². The zero-order valence-electron chi connectivity index (χ0n) is 22.8. The summed E-state index contributed by atoms with van der Waals surface area (Å²) < 4.78 is 28.8. The number of nitrogens with zero attached hydrogens (tertiary/aromatic N) is 2. The van der Waals surface area contributed by atoms with Crippen LogP contribution in [0.1, 0.15) is 43.7 Å². The van der Waals surface area contributed by atoms with Crippen LogP contribution in [0.15, 0.2) is 71.6 Å². The van der Waals surface area contributed by atoms with Gasteiger partial charge in [-0.2, -0.15) is 0 Å². The second-order valence-electron chi connectivity index (χ2n) is 10.2. The number of sulfonamides is 1. The maximum Gasteiger partial charge on any atom is 0.264 e. The summed E-state index contributed by atoms with van der Waals surface area (Å²) in [5, 5.41) is 4.14. The number of anilines is 1. The number of carbonyl (C=O) groups excluding carboxylic acids is 2. The van der Waals surface area contributed by atoms with Crippen molar-refractivity contribution in [2.75, 3.05) is 10.8 Å². The molecule has 1 aliphatic rings. The molecule has 0 aliphatic heterocycles. The number of nitrogens with one attached hydrogen (secondary N) is 1. The zero-order valence-corrected chi connectivity index (χ0v) is 25.9. The molecule has 0 heterocycles. The van der Waals surface area contributed by atoms with Crippen molar-refractivity contribution in [3.8, 4) is 0 Å². The predicted octanol–water partition coefficient (Wildman–Crippen LogP) is 6.63. The van der Waals surface area contributed by atoms with Gasteiger partial charge < -0.3 is 10.2 Å². The topological polar surface area (TPSA) is 86.8 Å². The van der Waals surface area contributed by atoms with E-state index in [1.807, 2.05) is 6.92 Å². The first-order valence-corrected chi connectivity index (χ1v) is 15.9. The highest BCUT2D eigenvalue weighted by molar-refractivity contribution is 7.92. The van der Waals surface area contributed by atoms with Gasteiger partial charge in [-0.15, -0.1) is 0 Å². The first kappa shape index (κ1) is 31.2. The molecule has 0 saturated heterocycles. The molecular weight excluding hydrogens is 605 g/mol. The number of amides is 2. The Morgan fingerprint density at radius 3 is 2.17 bits per heavy atom. The van der Waals surface area contributed by atoms with Gasteiger partial charge in [0.15, 0.2) is 0 Å². The van der Waals surface area contributed by atoms with Gasteiger partial charge in [-0.3, -0.25) is 13.9 Å². The Morgan fingerprint density at radius 1 is 0.927 bits per heavy atom. The summed E-state index contributed by atoms with van der Waals surface area (Å²) in [6.07, 6.45) is 3.85. The van der Waals surface area contributed by atoms with E-state index in [4.69, 9.17) is 34.8 Å². The Morgan fingerprint density at radius 2 is 1.56 bits per heavy atom. The summed E-state index contributed by atoms with van der Waals surface area (Å²) in [6.45, 7) is 2.98. The zero-order chi connectivity index (χ0) is 29.7. The third-order valence-electron chi connectivity index (χ3n) is 7.21. The maximum absolute atomic E-state index is 14.0. The monoisotopic (exact) mass is 635 g/mol. The van der Waals surface area contributed by atoms with E-state index in [-0.39, 0.29) is 29.1 Å². The maximum atomic E-state index is 14.0. The standard InChI is InChI=1S/C30H32Cl3N3O4S/c1-20-7-14-26(15-8-20)41(39,40)36(25-12-10-23(31)11-13-25)19-29(37)35(18-22-9-16-27(32)28(33)17-22)21(2)30(38)34-24-5-3-4-6-24/h7-17,21,24H,3-6,18-19H2,1-2H3,(H,34,38)/t21-/m1/s1. The van der Waals surface area contributed by atoms with Gasteiger partial charge in [0.05, 0.1) is 20.6 Å². The third kappa shape index (κ3) is 7.74. The van der Waals surface area contributed by atoms with Gasteiger partial charge in [0.2, 0.25) is 11.8 Å². The van der Waals surface area contributed by atoms with Crippen LogP contribution < -0.4 is 9.62 Å². The van der Waals surface area contributed by atoms with Crippen LogP contribution >= 0.6 is 34.8 Å². The number of carbonyl (C=O) groups is 2. The molecule has 1 atom stereocenters. The summed E-state index contributed by atoms with van der Waals surface area (Å²) >= 11 is 18.4. The van der Waals surface area contributed by atoms with E-state index in [9.17, 15) is 18.0 Å². The Hall–Kier alpha value is -2.78. The van der Waals surface area contributed by atoms with Gasteiger partial charge in [0.25, 0.3) is 10.0 Å². The van der Waals surface area contributed by atoms with E-state index in [2.05, 4.69) is 5.32 Å². The molecule has 11 heteroatoms. The molecule has 218 valence electrons. The van der Waals surface area contributed by atoms with Crippen molar-refractivity contribution >= 4 is 62.3 Å². The minimum atomic E-state index is -4.16. The van der Waals surface area contributed by atoms with Crippen molar-refractivity contribution in [3.63, 3.8) is 0 Å². The largest absolute Gasteiger partial charge is 0.352 e. The molecule has 1 N–H and O–H groups in total. The lowest BCUT2D eigenvalue weighted by atomic mass is 10.1. The molecule has 1 saturated carbocycles. The molecule has 4 rings (SSSR count). The van der Waals surface area contributed by atoms with Gasteiger partial charge in [-0.1, -0.05) is 71.4 Å². The van der Waals surface area contributed by atoms with Gasteiger partial charge in [-0.25, -0.2) is 8.42 Å². The fourth-order valence-electron chi connectivity index (χ4n) is 4.78. The van der Waals surface area contributed by atoms with Crippen molar-refractivity contribution in [1.29, 1.82) is 0 Å². The van der Waals surface area contributed by atoms with E-state index < -0.39 is 28.5 Å². The van der Waals surface area contributed by atoms with Crippen LogP contribution in [0, 0.1) is 6.92 Å². The minimum Gasteiger partial charge on any atom is -0.352 e. The molecule has 1 fully saturated rings. The fraction of sp³-hybridized carbons (Fsp3) is 0.333. The molecule has 7 nitrogen and oxygen atoms in total. The highest BCUT2D eigenvalue weighted by Gasteiger charge is 2.33. The third-order valence-corrected chi connectivity index (χ3v) is 9.99. The average Bonchev–Trinajstić information content (AvgIpc) is 3.45. The first-order valence-electron chi connectivity index (χ1n) is 13.3. The fourth-order valence-corrected chi connectivity index (χ4v) is 6.64. The van der Waals surface area contributed by atoms with Gasteiger partial charge in [0, 0.05) is 17.6 Å². The molecule has 3 aromatic rings. The number of rotatable bonds is 10. The second-order valence-corrected chi connectivity index (χ2v) is 13.4. The van der Waals surface area contributed by atoms with E-state index in [1.165, 1.54) is 17.0 Å². The number of hydrogen-bond acceptors (Lipinski definition) is 4. The van der Waals surface area contributed by atoms with Gasteiger partial charge >= 0.3 is 0 Å². The lowest BCUT2D eigenvalue weighted by Crippen LogP contribution is -2.52. The summed E-state index contributed by atoms with van der Waals surface area (Å²) in [6, 6.07) is 16.7. The summed E-state index contributed by atoms with van der Waals surface area (Å²) in [7, 11) is -4.16. The van der Waals surface area contributed by atoms with Gasteiger partial charge in [0.1, 0.15) is 12.6 Å². The molecule has 0 spiro atoms. The molecular formula is C30H32Cl3N3O4S. The lowest BCUT2D eigenvalue weighted by Gasteiger charge is -2.32. The van der Waals surface area contributed by atoms with Crippen LogP contribution in [0.25, 0.3) is 0 Å². The van der Waals surface area contributed by atoms with Crippen molar-refractivity contribution in [2.45, 2.75) is 63.1 Å². The van der Waals surface area contributed by atoms with Crippen LogP contribution in [-0.2, 0) is 26.2 Å². The van der Waals surface area contributed by atoms with E-state index in [0.717, 1.165) is 35.6 Å². The van der Waals surface area contributed by atoms with Crippen molar-refractivity contribution < 1.29 is 18.0 Å². The summed E-state index contributed by atoms with van der Waals surface area (Å²) in [5.74, 6) is -0.861. The number of aryl methyl sites for hydroxylation is 1.